The van der Waals surface area contributed by atoms with E-state index in [1.54, 1.807) is 0 Å². The summed E-state index contributed by atoms with van der Waals surface area (Å²) in [5.74, 6) is -4.29. The SMILES string of the molecule is CCCCCOOc1c(F)c(C)cc(F)c1F.CCc1ccc(-c2ccc(CC)cc2)cc1. The lowest BCUT2D eigenvalue weighted by atomic mass is 10.0. The fourth-order valence-corrected chi connectivity index (χ4v) is 3.15. The molecule has 0 saturated heterocycles. The molecule has 0 fully saturated rings. The number of aryl methyl sites for hydroxylation is 3. The summed E-state index contributed by atoms with van der Waals surface area (Å²) in [6, 6.07) is 18.5. The Morgan fingerprint density at radius 2 is 1.21 bits per heavy atom. The molecule has 0 saturated carbocycles. The quantitative estimate of drug-likeness (QED) is 0.139. The van der Waals surface area contributed by atoms with Crippen LogP contribution in [-0.4, -0.2) is 6.61 Å². The van der Waals surface area contributed by atoms with Crippen molar-refractivity contribution in [3.63, 3.8) is 0 Å². The topological polar surface area (TPSA) is 18.5 Å². The van der Waals surface area contributed by atoms with Crippen LogP contribution in [0.1, 0.15) is 56.7 Å². The first-order valence-corrected chi connectivity index (χ1v) is 11.5. The van der Waals surface area contributed by atoms with Gasteiger partial charge in [-0.05, 0) is 60.1 Å². The molecule has 3 aromatic rings. The van der Waals surface area contributed by atoms with Crippen LogP contribution in [0.3, 0.4) is 0 Å². The van der Waals surface area contributed by atoms with Crippen molar-refractivity contribution in [2.75, 3.05) is 6.61 Å². The molecule has 0 bridgehead atoms. The summed E-state index contributed by atoms with van der Waals surface area (Å²) in [4.78, 5) is 9.13. The van der Waals surface area contributed by atoms with E-state index in [1.807, 2.05) is 6.92 Å². The fraction of sp³-hybridized carbons (Fsp3) is 0.357. The van der Waals surface area contributed by atoms with Gasteiger partial charge in [-0.25, -0.2) is 8.78 Å². The molecule has 0 radical (unpaired) electrons. The number of benzene rings is 3. The molecule has 5 heteroatoms. The molecule has 0 unspecified atom stereocenters. The minimum Gasteiger partial charge on any atom is -0.331 e. The smallest absolute Gasteiger partial charge is 0.239 e. The van der Waals surface area contributed by atoms with Gasteiger partial charge in [0.15, 0.2) is 11.6 Å². The van der Waals surface area contributed by atoms with Crippen LogP contribution >= 0.6 is 0 Å². The van der Waals surface area contributed by atoms with Crippen molar-refractivity contribution in [2.24, 2.45) is 0 Å². The molecule has 0 heterocycles. The van der Waals surface area contributed by atoms with Gasteiger partial charge in [-0.15, -0.1) is 0 Å². The summed E-state index contributed by atoms with van der Waals surface area (Å²) in [6.45, 7) is 7.91. The Labute approximate surface area is 195 Å². The number of unbranched alkanes of at least 4 members (excludes halogenated alkanes) is 2. The zero-order valence-corrected chi connectivity index (χ0v) is 19.9. The van der Waals surface area contributed by atoms with Crippen molar-refractivity contribution in [1.29, 1.82) is 0 Å². The van der Waals surface area contributed by atoms with E-state index in [0.29, 0.717) is 6.42 Å². The van der Waals surface area contributed by atoms with Crippen LogP contribution in [0.2, 0.25) is 0 Å². The predicted octanol–water partition coefficient (Wildman–Crippen LogP) is 8.39. The van der Waals surface area contributed by atoms with Crippen molar-refractivity contribution in [3.8, 4) is 16.9 Å². The fourth-order valence-electron chi connectivity index (χ4n) is 3.15. The first-order chi connectivity index (χ1) is 15.9. The number of hydrogen-bond donors (Lipinski definition) is 0. The van der Waals surface area contributed by atoms with E-state index in [9.17, 15) is 13.2 Å². The maximum absolute atomic E-state index is 13.4. The van der Waals surface area contributed by atoms with E-state index >= 15 is 0 Å². The largest absolute Gasteiger partial charge is 0.331 e. The Hall–Kier alpha value is -2.79. The third kappa shape index (κ3) is 7.93. The second-order valence-electron chi connectivity index (χ2n) is 7.85. The van der Waals surface area contributed by atoms with Gasteiger partial charge in [-0.2, -0.15) is 9.28 Å². The van der Waals surface area contributed by atoms with Gasteiger partial charge in [0.25, 0.3) is 0 Å². The lowest BCUT2D eigenvalue weighted by molar-refractivity contribution is -0.211. The average Bonchev–Trinajstić information content (AvgIpc) is 2.85. The summed E-state index contributed by atoms with van der Waals surface area (Å²) >= 11 is 0. The van der Waals surface area contributed by atoms with Gasteiger partial charge in [-0.1, -0.05) is 82.1 Å². The van der Waals surface area contributed by atoms with Gasteiger partial charge < -0.3 is 4.89 Å². The number of hydrogen-bond acceptors (Lipinski definition) is 2. The summed E-state index contributed by atoms with van der Waals surface area (Å²) in [6.07, 6.45) is 4.85. The molecule has 33 heavy (non-hydrogen) atoms. The van der Waals surface area contributed by atoms with Crippen LogP contribution in [-0.2, 0) is 17.7 Å². The standard InChI is InChI=1S/C16H18.C12H15F3O2/c1-3-13-5-9-15(10-6-13)16-11-7-14(4-2)8-12-16;1-3-4-5-6-16-17-12-10(14)8(2)7-9(13)11(12)15/h5-12H,3-4H2,1-2H3;7H,3-6H2,1-2H3. The highest BCUT2D eigenvalue weighted by molar-refractivity contribution is 5.63. The highest BCUT2D eigenvalue weighted by Crippen LogP contribution is 2.27. The van der Waals surface area contributed by atoms with Crippen LogP contribution in [0.5, 0.6) is 5.75 Å². The predicted molar refractivity (Wildman–Crippen MR) is 128 cm³/mol. The van der Waals surface area contributed by atoms with Crippen LogP contribution in [0.15, 0.2) is 54.6 Å². The molecular weight excluding hydrogens is 425 g/mol. The highest BCUT2D eigenvalue weighted by atomic mass is 19.2. The zero-order valence-electron chi connectivity index (χ0n) is 19.9. The average molecular weight is 459 g/mol. The van der Waals surface area contributed by atoms with Gasteiger partial charge in [0.05, 0.1) is 6.61 Å². The number of halogens is 3. The maximum atomic E-state index is 13.4. The van der Waals surface area contributed by atoms with E-state index in [-0.39, 0.29) is 12.2 Å². The van der Waals surface area contributed by atoms with Crippen LogP contribution in [0.25, 0.3) is 11.1 Å². The Morgan fingerprint density at radius 1 is 0.697 bits per heavy atom. The molecule has 0 aliphatic heterocycles. The van der Waals surface area contributed by atoms with E-state index < -0.39 is 23.2 Å². The Kier molecular flexibility index (Phi) is 11.0. The summed E-state index contributed by atoms with van der Waals surface area (Å²) in [7, 11) is 0. The third-order valence-electron chi connectivity index (χ3n) is 5.33. The molecule has 3 aromatic carbocycles. The molecule has 0 atom stereocenters. The molecular formula is C28H33F3O2. The molecule has 0 aromatic heterocycles. The Balaban J connectivity index is 0.000000234. The van der Waals surface area contributed by atoms with Gasteiger partial charge in [0.1, 0.15) is 0 Å². The van der Waals surface area contributed by atoms with E-state index in [1.165, 1.54) is 29.2 Å². The Bertz CT molecular complexity index is 912. The van der Waals surface area contributed by atoms with Gasteiger partial charge in [0, 0.05) is 0 Å². The molecule has 0 amide bonds. The maximum Gasteiger partial charge on any atom is 0.239 e. The van der Waals surface area contributed by atoms with Gasteiger partial charge in [0.2, 0.25) is 11.6 Å². The minimum atomic E-state index is -1.37. The van der Waals surface area contributed by atoms with Crippen molar-refractivity contribution in [2.45, 2.75) is 59.8 Å². The van der Waals surface area contributed by atoms with Crippen molar-refractivity contribution < 1.29 is 22.9 Å². The molecule has 0 spiro atoms. The molecule has 2 nitrogen and oxygen atoms in total. The lowest BCUT2D eigenvalue weighted by Crippen LogP contribution is -2.05. The third-order valence-corrected chi connectivity index (χ3v) is 5.33. The summed E-state index contributed by atoms with van der Waals surface area (Å²) in [5, 5.41) is 0. The highest BCUT2D eigenvalue weighted by Gasteiger charge is 2.19. The summed E-state index contributed by atoms with van der Waals surface area (Å²) < 4.78 is 39.6. The van der Waals surface area contributed by atoms with Crippen LogP contribution < -0.4 is 4.89 Å². The lowest BCUT2D eigenvalue weighted by Gasteiger charge is -2.08. The Morgan fingerprint density at radius 3 is 1.67 bits per heavy atom. The van der Waals surface area contributed by atoms with Crippen LogP contribution in [0.4, 0.5) is 13.2 Å². The molecule has 0 aliphatic carbocycles. The monoisotopic (exact) mass is 458 g/mol. The molecule has 0 N–H and O–H groups in total. The van der Waals surface area contributed by atoms with E-state index in [4.69, 9.17) is 0 Å². The number of rotatable bonds is 9. The van der Waals surface area contributed by atoms with E-state index in [2.05, 4.69) is 72.2 Å². The van der Waals surface area contributed by atoms with Crippen molar-refractivity contribution >= 4 is 0 Å². The second kappa shape index (κ2) is 13.7. The zero-order chi connectivity index (χ0) is 24.2. The first-order valence-electron chi connectivity index (χ1n) is 11.5. The normalized spacial score (nSPS) is 10.5. The van der Waals surface area contributed by atoms with Crippen LogP contribution in [0, 0.1) is 24.4 Å². The minimum absolute atomic E-state index is 0.0314. The molecule has 3 rings (SSSR count). The van der Waals surface area contributed by atoms with Crippen molar-refractivity contribution in [1.82, 2.24) is 0 Å². The molecule has 0 aliphatic rings. The van der Waals surface area contributed by atoms with Gasteiger partial charge >= 0.3 is 0 Å². The van der Waals surface area contributed by atoms with Gasteiger partial charge in [-0.3, -0.25) is 0 Å². The summed E-state index contributed by atoms with van der Waals surface area (Å²) in [5.41, 5.74) is 5.37. The molecule has 178 valence electrons. The van der Waals surface area contributed by atoms with Crippen molar-refractivity contribution in [3.05, 3.63) is 88.7 Å². The first kappa shape index (κ1) is 26.5. The second-order valence-corrected chi connectivity index (χ2v) is 7.85. The van der Waals surface area contributed by atoms with E-state index in [0.717, 1.165) is 31.7 Å².